The summed E-state index contributed by atoms with van der Waals surface area (Å²) in [6, 6.07) is 14.1. The van der Waals surface area contributed by atoms with E-state index in [0.29, 0.717) is 17.1 Å². The van der Waals surface area contributed by atoms with Crippen LogP contribution in [0.4, 0.5) is 0 Å². The minimum absolute atomic E-state index is 0.152. The third kappa shape index (κ3) is 4.57. The van der Waals surface area contributed by atoms with Crippen LogP contribution in [-0.4, -0.2) is 26.0 Å². The van der Waals surface area contributed by atoms with Crippen LogP contribution in [0.3, 0.4) is 0 Å². The number of methoxy groups -OCH3 is 2. The predicted octanol–water partition coefficient (Wildman–Crippen LogP) is 3.02. The number of benzene rings is 2. The topological polar surface area (TPSA) is 61.8 Å². The van der Waals surface area contributed by atoms with E-state index in [9.17, 15) is 9.59 Å². The molecule has 0 aromatic heterocycles. The van der Waals surface area contributed by atoms with E-state index < -0.39 is 5.97 Å². The van der Waals surface area contributed by atoms with Crippen LogP contribution in [-0.2, 0) is 16.1 Å². The molecule has 0 saturated carbocycles. The fourth-order valence-electron chi connectivity index (χ4n) is 2.03. The fourth-order valence-corrected chi connectivity index (χ4v) is 2.03. The highest BCUT2D eigenvalue weighted by molar-refractivity contribution is 6.06. The molecular weight excluding hydrogens is 296 g/mol. The number of carbonyl (C=O) groups is 2. The Morgan fingerprint density at radius 2 is 1.61 bits per heavy atom. The molecule has 5 nitrogen and oxygen atoms in total. The highest BCUT2D eigenvalue weighted by Crippen LogP contribution is 2.28. The zero-order valence-electron chi connectivity index (χ0n) is 13.1. The molecule has 0 aliphatic carbocycles. The normalized spacial score (nSPS) is 10.0. The second-order valence-corrected chi connectivity index (χ2v) is 4.82. The second-order valence-electron chi connectivity index (χ2n) is 4.82. The first-order valence-electron chi connectivity index (χ1n) is 7.09. The lowest BCUT2D eigenvalue weighted by Gasteiger charge is -2.09. The molecule has 0 spiro atoms. The van der Waals surface area contributed by atoms with Gasteiger partial charge in [0, 0.05) is 5.56 Å². The molecule has 0 heterocycles. The maximum atomic E-state index is 12.1. The highest BCUT2D eigenvalue weighted by atomic mass is 16.5. The van der Waals surface area contributed by atoms with E-state index in [1.807, 2.05) is 30.3 Å². The SMILES string of the molecule is COc1ccc(C(=O)CC(=O)OCc2ccccc2)cc1OC. The number of ether oxygens (including phenoxy) is 3. The Morgan fingerprint density at radius 1 is 0.913 bits per heavy atom. The lowest BCUT2D eigenvalue weighted by Crippen LogP contribution is -2.11. The maximum absolute atomic E-state index is 12.1. The quantitative estimate of drug-likeness (QED) is 0.446. The molecular formula is C18H18O5. The van der Waals surface area contributed by atoms with Crippen LogP contribution in [0.25, 0.3) is 0 Å². The lowest BCUT2D eigenvalue weighted by molar-refractivity contribution is -0.143. The van der Waals surface area contributed by atoms with Crippen LogP contribution < -0.4 is 9.47 Å². The van der Waals surface area contributed by atoms with E-state index in [1.165, 1.54) is 14.2 Å². The van der Waals surface area contributed by atoms with E-state index >= 15 is 0 Å². The Balaban J connectivity index is 1.94. The fraction of sp³-hybridized carbons (Fsp3) is 0.222. The molecule has 23 heavy (non-hydrogen) atoms. The van der Waals surface area contributed by atoms with Gasteiger partial charge in [0.2, 0.25) is 0 Å². The number of Topliss-reactive ketones (excluding diaryl/α,β-unsaturated/α-hetero) is 1. The summed E-state index contributed by atoms with van der Waals surface area (Å²) in [6.45, 7) is 0.152. The van der Waals surface area contributed by atoms with Gasteiger partial charge in [-0.3, -0.25) is 9.59 Å². The summed E-state index contributed by atoms with van der Waals surface area (Å²) in [6.07, 6.45) is -0.317. The molecule has 2 aromatic carbocycles. The van der Waals surface area contributed by atoms with Crippen molar-refractivity contribution in [3.05, 3.63) is 59.7 Å². The summed E-state index contributed by atoms with van der Waals surface area (Å²) < 4.78 is 15.4. The molecule has 2 rings (SSSR count). The standard InChI is InChI=1S/C18H18O5/c1-21-16-9-8-14(10-17(16)22-2)15(19)11-18(20)23-12-13-6-4-3-5-7-13/h3-10H,11-12H2,1-2H3. The van der Waals surface area contributed by atoms with Crippen molar-refractivity contribution in [1.29, 1.82) is 0 Å². The molecule has 0 radical (unpaired) electrons. The maximum Gasteiger partial charge on any atom is 0.314 e. The van der Waals surface area contributed by atoms with E-state index in [0.717, 1.165) is 5.56 Å². The summed E-state index contributed by atoms with van der Waals surface area (Å²) in [7, 11) is 3.00. The number of esters is 1. The van der Waals surface area contributed by atoms with Crippen LogP contribution in [0, 0.1) is 0 Å². The van der Waals surface area contributed by atoms with Crippen molar-refractivity contribution in [3.8, 4) is 11.5 Å². The number of ketones is 1. The van der Waals surface area contributed by atoms with Crippen molar-refractivity contribution in [2.24, 2.45) is 0 Å². The zero-order chi connectivity index (χ0) is 16.7. The molecule has 0 aliphatic heterocycles. The third-order valence-electron chi connectivity index (χ3n) is 3.25. The Hall–Kier alpha value is -2.82. The van der Waals surface area contributed by atoms with Gasteiger partial charge in [-0.15, -0.1) is 0 Å². The van der Waals surface area contributed by atoms with Gasteiger partial charge in [0.25, 0.3) is 0 Å². The van der Waals surface area contributed by atoms with Gasteiger partial charge in [-0.25, -0.2) is 0 Å². The Labute approximate surface area is 134 Å². The van der Waals surface area contributed by atoms with Crippen LogP contribution in [0.5, 0.6) is 11.5 Å². The van der Waals surface area contributed by atoms with Crippen LogP contribution in [0.1, 0.15) is 22.3 Å². The van der Waals surface area contributed by atoms with Gasteiger partial charge in [-0.1, -0.05) is 30.3 Å². The van der Waals surface area contributed by atoms with E-state index in [4.69, 9.17) is 14.2 Å². The first-order chi connectivity index (χ1) is 11.1. The van der Waals surface area contributed by atoms with Crippen LogP contribution >= 0.6 is 0 Å². The number of rotatable bonds is 7. The monoisotopic (exact) mass is 314 g/mol. The largest absolute Gasteiger partial charge is 0.493 e. The molecule has 0 bridgehead atoms. The molecule has 120 valence electrons. The minimum atomic E-state index is -0.561. The predicted molar refractivity (Wildman–Crippen MR) is 84.7 cm³/mol. The van der Waals surface area contributed by atoms with Gasteiger partial charge < -0.3 is 14.2 Å². The van der Waals surface area contributed by atoms with Crippen molar-refractivity contribution >= 4 is 11.8 Å². The Morgan fingerprint density at radius 3 is 2.26 bits per heavy atom. The molecule has 0 aliphatic rings. The van der Waals surface area contributed by atoms with E-state index in [-0.39, 0.29) is 18.8 Å². The Bertz CT molecular complexity index is 679. The van der Waals surface area contributed by atoms with Crippen molar-refractivity contribution in [2.75, 3.05) is 14.2 Å². The first kappa shape index (κ1) is 16.5. The molecule has 5 heteroatoms. The molecule has 0 atom stereocenters. The molecule has 0 N–H and O–H groups in total. The molecule has 0 amide bonds. The van der Waals surface area contributed by atoms with Gasteiger partial charge in [-0.05, 0) is 23.8 Å². The molecule has 0 fully saturated rings. The van der Waals surface area contributed by atoms with Crippen LogP contribution in [0.15, 0.2) is 48.5 Å². The van der Waals surface area contributed by atoms with Gasteiger partial charge in [0.05, 0.1) is 14.2 Å². The molecule has 2 aromatic rings. The number of hydrogen-bond donors (Lipinski definition) is 0. The van der Waals surface area contributed by atoms with E-state index in [2.05, 4.69) is 0 Å². The zero-order valence-corrected chi connectivity index (χ0v) is 13.1. The van der Waals surface area contributed by atoms with Gasteiger partial charge >= 0.3 is 5.97 Å². The average Bonchev–Trinajstić information content (AvgIpc) is 2.60. The van der Waals surface area contributed by atoms with E-state index in [1.54, 1.807) is 18.2 Å². The molecule has 0 unspecified atom stereocenters. The first-order valence-corrected chi connectivity index (χ1v) is 7.09. The molecule has 0 saturated heterocycles. The van der Waals surface area contributed by atoms with Crippen LogP contribution in [0.2, 0.25) is 0 Å². The smallest absolute Gasteiger partial charge is 0.314 e. The summed E-state index contributed by atoms with van der Waals surface area (Å²) in [4.78, 5) is 23.9. The van der Waals surface area contributed by atoms with Crippen molar-refractivity contribution < 1.29 is 23.8 Å². The second kappa shape index (κ2) is 7.98. The summed E-state index contributed by atoms with van der Waals surface area (Å²) in [5.74, 6) is 0.0735. The van der Waals surface area contributed by atoms with Crippen molar-refractivity contribution in [3.63, 3.8) is 0 Å². The van der Waals surface area contributed by atoms with Crippen molar-refractivity contribution in [2.45, 2.75) is 13.0 Å². The lowest BCUT2D eigenvalue weighted by atomic mass is 10.1. The number of carbonyl (C=O) groups excluding carboxylic acids is 2. The minimum Gasteiger partial charge on any atom is -0.493 e. The van der Waals surface area contributed by atoms with Crippen molar-refractivity contribution in [1.82, 2.24) is 0 Å². The van der Waals surface area contributed by atoms with Gasteiger partial charge in [0.1, 0.15) is 13.0 Å². The Kier molecular flexibility index (Phi) is 5.74. The van der Waals surface area contributed by atoms with Gasteiger partial charge in [0.15, 0.2) is 17.3 Å². The highest BCUT2D eigenvalue weighted by Gasteiger charge is 2.15. The summed E-state index contributed by atoms with van der Waals surface area (Å²) in [5, 5.41) is 0. The number of hydrogen-bond acceptors (Lipinski definition) is 5. The summed E-state index contributed by atoms with van der Waals surface area (Å²) in [5.41, 5.74) is 1.25. The summed E-state index contributed by atoms with van der Waals surface area (Å²) >= 11 is 0. The third-order valence-corrected chi connectivity index (χ3v) is 3.25. The van der Waals surface area contributed by atoms with Gasteiger partial charge in [-0.2, -0.15) is 0 Å². The average molecular weight is 314 g/mol.